The molecule has 0 aromatic heterocycles. The van der Waals surface area contributed by atoms with Gasteiger partial charge in [0.25, 0.3) is 0 Å². The standard InChI is InChI=1S/C9H8Cl2N2O2/c1-15-9(14)13-12-5-6-7(10)3-2-4-8(6)11/h2-5H,1H3,(H,13,14)/b12-5-. The van der Waals surface area contributed by atoms with Gasteiger partial charge in [-0.2, -0.15) is 5.10 Å². The Kier molecular flexibility index (Phi) is 4.39. The molecule has 0 saturated heterocycles. The molecule has 0 saturated carbocycles. The molecule has 0 heterocycles. The number of nitrogens with zero attached hydrogens (tertiary/aromatic N) is 1. The summed E-state index contributed by atoms with van der Waals surface area (Å²) >= 11 is 11.7. The number of benzene rings is 1. The van der Waals surface area contributed by atoms with Crippen LogP contribution in [0.1, 0.15) is 5.56 Å². The third-order valence-electron chi connectivity index (χ3n) is 1.53. The van der Waals surface area contributed by atoms with Crippen LogP contribution in [-0.4, -0.2) is 19.4 Å². The Morgan fingerprint density at radius 1 is 1.47 bits per heavy atom. The second-order valence-corrected chi connectivity index (χ2v) is 3.31. The minimum absolute atomic E-state index is 0.456. The van der Waals surface area contributed by atoms with E-state index in [-0.39, 0.29) is 0 Å². The van der Waals surface area contributed by atoms with Gasteiger partial charge in [-0.15, -0.1) is 0 Å². The van der Waals surface area contributed by atoms with E-state index in [0.29, 0.717) is 15.6 Å². The van der Waals surface area contributed by atoms with Crippen molar-refractivity contribution in [1.82, 2.24) is 5.43 Å². The van der Waals surface area contributed by atoms with E-state index in [2.05, 4.69) is 15.3 Å². The molecule has 0 fully saturated rings. The number of hydrogen-bond donors (Lipinski definition) is 1. The lowest BCUT2D eigenvalue weighted by molar-refractivity contribution is 0.171. The van der Waals surface area contributed by atoms with Crippen molar-refractivity contribution in [2.75, 3.05) is 7.11 Å². The van der Waals surface area contributed by atoms with Gasteiger partial charge in [-0.3, -0.25) is 0 Å². The van der Waals surface area contributed by atoms with Crippen molar-refractivity contribution < 1.29 is 9.53 Å². The number of methoxy groups -OCH3 is 1. The maximum atomic E-state index is 10.7. The first-order valence-corrected chi connectivity index (χ1v) is 4.71. The maximum absolute atomic E-state index is 10.7. The molecule has 6 heteroatoms. The molecule has 1 aromatic rings. The van der Waals surface area contributed by atoms with Gasteiger partial charge >= 0.3 is 6.09 Å². The van der Waals surface area contributed by atoms with Gasteiger partial charge in [0.05, 0.1) is 23.4 Å². The number of carbonyl (C=O) groups is 1. The molecule has 0 aliphatic carbocycles. The first kappa shape index (κ1) is 11.8. The summed E-state index contributed by atoms with van der Waals surface area (Å²) in [6, 6.07) is 5.07. The lowest BCUT2D eigenvalue weighted by Crippen LogP contribution is -2.16. The number of hydrazone groups is 1. The van der Waals surface area contributed by atoms with Crippen molar-refractivity contribution in [3.8, 4) is 0 Å². The predicted molar refractivity (Wildman–Crippen MR) is 59.6 cm³/mol. The Hall–Kier alpha value is -1.26. The molecule has 4 nitrogen and oxygen atoms in total. The monoisotopic (exact) mass is 246 g/mol. The molecular weight excluding hydrogens is 239 g/mol. The molecule has 1 amide bonds. The Labute approximate surface area is 96.8 Å². The minimum atomic E-state index is -0.658. The van der Waals surface area contributed by atoms with Crippen molar-refractivity contribution in [3.05, 3.63) is 33.8 Å². The van der Waals surface area contributed by atoms with Crippen LogP contribution >= 0.6 is 23.2 Å². The third kappa shape index (κ3) is 3.42. The van der Waals surface area contributed by atoms with Crippen molar-refractivity contribution in [3.63, 3.8) is 0 Å². The Balaban J connectivity index is 2.76. The summed E-state index contributed by atoms with van der Waals surface area (Å²) in [4.78, 5) is 10.7. The van der Waals surface area contributed by atoms with E-state index in [0.717, 1.165) is 0 Å². The number of carbonyl (C=O) groups excluding carboxylic acids is 1. The summed E-state index contributed by atoms with van der Waals surface area (Å²) in [6.45, 7) is 0. The molecule has 15 heavy (non-hydrogen) atoms. The number of amides is 1. The van der Waals surface area contributed by atoms with Crippen LogP contribution in [0.5, 0.6) is 0 Å². The summed E-state index contributed by atoms with van der Waals surface area (Å²) in [5.74, 6) is 0. The number of ether oxygens (including phenoxy) is 1. The molecule has 0 unspecified atom stereocenters. The Bertz CT molecular complexity index is 373. The molecule has 1 rings (SSSR count). The average molecular weight is 247 g/mol. The highest BCUT2D eigenvalue weighted by molar-refractivity contribution is 6.38. The molecule has 0 radical (unpaired) electrons. The molecule has 0 bridgehead atoms. The number of hydrogen-bond acceptors (Lipinski definition) is 3. The summed E-state index contributed by atoms with van der Waals surface area (Å²) < 4.78 is 4.32. The van der Waals surface area contributed by atoms with Crippen LogP contribution in [0, 0.1) is 0 Å². The molecule has 0 atom stereocenters. The first-order chi connectivity index (χ1) is 7.15. The second kappa shape index (κ2) is 5.58. The van der Waals surface area contributed by atoms with Crippen LogP contribution in [0.15, 0.2) is 23.3 Å². The average Bonchev–Trinajstić information content (AvgIpc) is 2.22. The van der Waals surface area contributed by atoms with E-state index < -0.39 is 6.09 Å². The molecular formula is C9H8Cl2N2O2. The van der Waals surface area contributed by atoms with Gasteiger partial charge in [0.15, 0.2) is 0 Å². The van der Waals surface area contributed by atoms with Gasteiger partial charge in [-0.25, -0.2) is 10.2 Å². The largest absolute Gasteiger partial charge is 0.452 e. The zero-order chi connectivity index (χ0) is 11.3. The van der Waals surface area contributed by atoms with E-state index in [1.165, 1.54) is 13.3 Å². The van der Waals surface area contributed by atoms with Crippen LogP contribution in [0.4, 0.5) is 4.79 Å². The Morgan fingerprint density at radius 3 is 2.60 bits per heavy atom. The third-order valence-corrected chi connectivity index (χ3v) is 2.19. The van der Waals surface area contributed by atoms with Crippen LogP contribution in [0.25, 0.3) is 0 Å². The fraction of sp³-hybridized carbons (Fsp3) is 0.111. The summed E-state index contributed by atoms with van der Waals surface area (Å²) in [5.41, 5.74) is 2.67. The maximum Gasteiger partial charge on any atom is 0.427 e. The van der Waals surface area contributed by atoms with E-state index in [1.807, 2.05) is 0 Å². The topological polar surface area (TPSA) is 50.7 Å². The molecule has 0 aliphatic rings. The van der Waals surface area contributed by atoms with Gasteiger partial charge in [0, 0.05) is 5.56 Å². The summed E-state index contributed by atoms with van der Waals surface area (Å²) in [5, 5.41) is 4.53. The molecule has 80 valence electrons. The van der Waals surface area contributed by atoms with E-state index in [9.17, 15) is 4.79 Å². The predicted octanol–water partition coefficient (Wildman–Crippen LogP) is 2.68. The van der Waals surface area contributed by atoms with Gasteiger partial charge in [-0.05, 0) is 12.1 Å². The van der Waals surface area contributed by atoms with Gasteiger partial charge < -0.3 is 4.74 Å². The van der Waals surface area contributed by atoms with Crippen molar-refractivity contribution in [2.45, 2.75) is 0 Å². The Morgan fingerprint density at radius 2 is 2.07 bits per heavy atom. The van der Waals surface area contributed by atoms with Crippen LogP contribution in [0.2, 0.25) is 10.0 Å². The van der Waals surface area contributed by atoms with Crippen LogP contribution < -0.4 is 5.43 Å². The highest BCUT2D eigenvalue weighted by atomic mass is 35.5. The normalized spacial score (nSPS) is 10.3. The summed E-state index contributed by atoms with van der Waals surface area (Å²) in [7, 11) is 1.24. The zero-order valence-electron chi connectivity index (χ0n) is 7.83. The zero-order valence-corrected chi connectivity index (χ0v) is 9.34. The molecule has 1 aromatic carbocycles. The quantitative estimate of drug-likeness (QED) is 0.645. The van der Waals surface area contributed by atoms with Gasteiger partial charge in [0.2, 0.25) is 0 Å². The van der Waals surface area contributed by atoms with E-state index >= 15 is 0 Å². The van der Waals surface area contributed by atoms with Crippen molar-refractivity contribution in [1.29, 1.82) is 0 Å². The molecule has 1 N–H and O–H groups in total. The smallest absolute Gasteiger partial charge is 0.427 e. The second-order valence-electron chi connectivity index (χ2n) is 2.50. The van der Waals surface area contributed by atoms with Crippen molar-refractivity contribution >= 4 is 35.5 Å². The highest BCUT2D eigenvalue weighted by Gasteiger charge is 2.02. The highest BCUT2D eigenvalue weighted by Crippen LogP contribution is 2.21. The van der Waals surface area contributed by atoms with Gasteiger partial charge in [0.1, 0.15) is 0 Å². The van der Waals surface area contributed by atoms with Crippen LogP contribution in [-0.2, 0) is 4.74 Å². The van der Waals surface area contributed by atoms with E-state index in [1.54, 1.807) is 18.2 Å². The molecule has 0 aliphatic heterocycles. The fourth-order valence-electron chi connectivity index (χ4n) is 0.829. The summed E-state index contributed by atoms with van der Waals surface area (Å²) in [6.07, 6.45) is 0.691. The van der Waals surface area contributed by atoms with E-state index in [4.69, 9.17) is 23.2 Å². The minimum Gasteiger partial charge on any atom is -0.452 e. The number of rotatable bonds is 2. The lowest BCUT2D eigenvalue weighted by Gasteiger charge is -2.00. The van der Waals surface area contributed by atoms with Crippen molar-refractivity contribution in [2.24, 2.45) is 5.10 Å². The van der Waals surface area contributed by atoms with Crippen LogP contribution in [0.3, 0.4) is 0 Å². The van der Waals surface area contributed by atoms with Gasteiger partial charge in [-0.1, -0.05) is 29.3 Å². The number of nitrogens with one attached hydrogen (secondary N) is 1. The lowest BCUT2D eigenvalue weighted by atomic mass is 10.2. The SMILES string of the molecule is COC(=O)N/N=C\c1c(Cl)cccc1Cl. The first-order valence-electron chi connectivity index (χ1n) is 3.96. The fourth-order valence-corrected chi connectivity index (χ4v) is 1.32. The number of halogens is 2. The molecule has 0 spiro atoms.